The highest BCUT2D eigenvalue weighted by Crippen LogP contribution is 2.18. The van der Waals surface area contributed by atoms with Crippen LogP contribution in [0.1, 0.15) is 37.2 Å². The standard InChI is InChI=1S/C14H18N4O/c1-14(2,3)13-15-11(16-17-13)12(19)18(4)10-8-6-5-7-9-10/h5-9H,1-4H3,(H,15,16,17). The molecule has 2 aromatic rings. The van der Waals surface area contributed by atoms with Gasteiger partial charge in [-0.05, 0) is 12.1 Å². The van der Waals surface area contributed by atoms with Crippen molar-refractivity contribution in [3.63, 3.8) is 0 Å². The molecule has 1 N–H and O–H groups in total. The van der Waals surface area contributed by atoms with Gasteiger partial charge in [0, 0.05) is 18.2 Å². The van der Waals surface area contributed by atoms with Crippen molar-refractivity contribution in [3.8, 4) is 0 Å². The Balaban J connectivity index is 2.23. The summed E-state index contributed by atoms with van der Waals surface area (Å²) in [5.41, 5.74) is 0.659. The maximum atomic E-state index is 12.3. The minimum absolute atomic E-state index is 0.156. The van der Waals surface area contributed by atoms with Crippen LogP contribution in [0.25, 0.3) is 0 Å². The summed E-state index contributed by atoms with van der Waals surface area (Å²) in [5.74, 6) is 0.673. The fourth-order valence-electron chi connectivity index (χ4n) is 1.61. The summed E-state index contributed by atoms with van der Waals surface area (Å²) < 4.78 is 0. The van der Waals surface area contributed by atoms with E-state index >= 15 is 0 Å². The number of rotatable bonds is 2. The molecule has 100 valence electrons. The van der Waals surface area contributed by atoms with Crippen LogP contribution < -0.4 is 4.90 Å². The van der Waals surface area contributed by atoms with Crippen molar-refractivity contribution in [1.29, 1.82) is 0 Å². The summed E-state index contributed by atoms with van der Waals surface area (Å²) >= 11 is 0. The van der Waals surface area contributed by atoms with E-state index in [4.69, 9.17) is 0 Å². The largest absolute Gasteiger partial charge is 0.309 e. The third kappa shape index (κ3) is 2.81. The molecule has 0 aliphatic heterocycles. The molecule has 19 heavy (non-hydrogen) atoms. The van der Waals surface area contributed by atoms with E-state index in [0.717, 1.165) is 5.69 Å². The first-order valence-corrected chi connectivity index (χ1v) is 6.15. The van der Waals surface area contributed by atoms with Gasteiger partial charge < -0.3 is 4.90 Å². The van der Waals surface area contributed by atoms with Crippen LogP contribution in [0.4, 0.5) is 5.69 Å². The molecule has 1 heterocycles. The van der Waals surface area contributed by atoms with Crippen LogP contribution in [-0.4, -0.2) is 28.1 Å². The minimum Gasteiger partial charge on any atom is -0.309 e. The van der Waals surface area contributed by atoms with Crippen molar-refractivity contribution in [2.75, 3.05) is 11.9 Å². The SMILES string of the molecule is CN(C(=O)c1n[nH]c(C(C)(C)C)n1)c1ccccc1. The molecule has 0 fully saturated rings. The number of carbonyl (C=O) groups is 1. The van der Waals surface area contributed by atoms with Gasteiger partial charge >= 0.3 is 0 Å². The number of nitrogens with zero attached hydrogens (tertiary/aromatic N) is 3. The Kier molecular flexibility index (Phi) is 3.38. The third-order valence-electron chi connectivity index (χ3n) is 2.84. The average molecular weight is 258 g/mol. The lowest BCUT2D eigenvalue weighted by Crippen LogP contribution is -2.27. The highest BCUT2D eigenvalue weighted by molar-refractivity contribution is 6.03. The van der Waals surface area contributed by atoms with Crippen LogP contribution in [0.2, 0.25) is 0 Å². The second kappa shape index (κ2) is 4.84. The quantitative estimate of drug-likeness (QED) is 0.899. The zero-order valence-corrected chi connectivity index (χ0v) is 11.6. The molecule has 0 unspecified atom stereocenters. The van der Waals surface area contributed by atoms with Crippen LogP contribution in [0.5, 0.6) is 0 Å². The van der Waals surface area contributed by atoms with Crippen LogP contribution in [0, 0.1) is 0 Å². The van der Waals surface area contributed by atoms with Gasteiger partial charge in [-0.2, -0.15) is 0 Å². The van der Waals surface area contributed by atoms with Crippen molar-refractivity contribution < 1.29 is 4.79 Å². The highest BCUT2D eigenvalue weighted by Gasteiger charge is 2.23. The van der Waals surface area contributed by atoms with E-state index in [-0.39, 0.29) is 17.1 Å². The van der Waals surface area contributed by atoms with Gasteiger partial charge in [0.25, 0.3) is 5.91 Å². The molecule has 1 aromatic heterocycles. The summed E-state index contributed by atoms with van der Waals surface area (Å²) in [5, 5.41) is 6.83. The number of nitrogens with one attached hydrogen (secondary N) is 1. The summed E-state index contributed by atoms with van der Waals surface area (Å²) in [4.78, 5) is 18.1. The maximum Gasteiger partial charge on any atom is 0.297 e. The molecule has 0 saturated heterocycles. The lowest BCUT2D eigenvalue weighted by molar-refractivity contribution is 0.0983. The molecule has 5 heteroatoms. The number of hydrogen-bond acceptors (Lipinski definition) is 3. The summed E-state index contributed by atoms with van der Waals surface area (Å²) in [7, 11) is 1.71. The second-order valence-electron chi connectivity index (χ2n) is 5.46. The Morgan fingerprint density at radius 2 is 1.84 bits per heavy atom. The zero-order chi connectivity index (χ0) is 14.0. The van der Waals surface area contributed by atoms with Crippen molar-refractivity contribution in [2.24, 2.45) is 0 Å². The van der Waals surface area contributed by atoms with Crippen molar-refractivity contribution in [3.05, 3.63) is 42.0 Å². The van der Waals surface area contributed by atoms with Gasteiger partial charge in [-0.1, -0.05) is 39.0 Å². The zero-order valence-electron chi connectivity index (χ0n) is 11.6. The Bertz CT molecular complexity index is 569. The summed E-state index contributed by atoms with van der Waals surface area (Å²) in [6.07, 6.45) is 0. The van der Waals surface area contributed by atoms with Crippen LogP contribution in [0.15, 0.2) is 30.3 Å². The molecule has 0 spiro atoms. The highest BCUT2D eigenvalue weighted by atomic mass is 16.2. The normalized spacial score (nSPS) is 11.4. The molecule has 0 aliphatic carbocycles. The number of hydrogen-bond donors (Lipinski definition) is 1. The maximum absolute atomic E-state index is 12.3. The van der Waals surface area contributed by atoms with Gasteiger partial charge in [-0.15, -0.1) is 5.10 Å². The van der Waals surface area contributed by atoms with Gasteiger partial charge in [0.15, 0.2) is 0 Å². The molecule has 0 radical (unpaired) electrons. The topological polar surface area (TPSA) is 61.9 Å². The van der Waals surface area contributed by atoms with E-state index in [9.17, 15) is 4.79 Å². The number of amides is 1. The predicted molar refractivity (Wildman–Crippen MR) is 74.3 cm³/mol. The minimum atomic E-state index is -0.224. The molecular formula is C14H18N4O. The summed E-state index contributed by atoms with van der Waals surface area (Å²) in [6, 6.07) is 9.42. The fourth-order valence-corrected chi connectivity index (χ4v) is 1.61. The van der Waals surface area contributed by atoms with Gasteiger partial charge in [0.2, 0.25) is 5.82 Å². The number of benzene rings is 1. The first-order valence-electron chi connectivity index (χ1n) is 6.15. The van der Waals surface area contributed by atoms with E-state index < -0.39 is 0 Å². The van der Waals surface area contributed by atoms with Gasteiger partial charge in [0.1, 0.15) is 5.82 Å². The fraction of sp³-hybridized carbons (Fsp3) is 0.357. The molecule has 1 amide bonds. The monoisotopic (exact) mass is 258 g/mol. The number of aromatic nitrogens is 3. The number of H-pyrrole nitrogens is 1. The molecular weight excluding hydrogens is 240 g/mol. The van der Waals surface area contributed by atoms with Crippen molar-refractivity contribution in [1.82, 2.24) is 15.2 Å². The molecule has 1 aromatic carbocycles. The first kappa shape index (κ1) is 13.3. The lowest BCUT2D eigenvalue weighted by Gasteiger charge is -2.15. The number of aromatic amines is 1. The molecule has 0 atom stereocenters. The molecule has 2 rings (SSSR count). The van der Waals surface area contributed by atoms with Crippen LogP contribution >= 0.6 is 0 Å². The van der Waals surface area contributed by atoms with Crippen molar-refractivity contribution >= 4 is 11.6 Å². The van der Waals surface area contributed by atoms with E-state index in [0.29, 0.717) is 5.82 Å². The Hall–Kier alpha value is -2.17. The van der Waals surface area contributed by atoms with E-state index in [2.05, 4.69) is 15.2 Å². The number of para-hydroxylation sites is 1. The Morgan fingerprint density at radius 3 is 2.37 bits per heavy atom. The Labute approximate surface area is 112 Å². The van der Waals surface area contributed by atoms with E-state index in [1.165, 1.54) is 4.90 Å². The number of anilines is 1. The molecule has 0 bridgehead atoms. The smallest absolute Gasteiger partial charge is 0.297 e. The molecule has 5 nitrogen and oxygen atoms in total. The lowest BCUT2D eigenvalue weighted by atomic mass is 9.96. The van der Waals surface area contributed by atoms with Crippen LogP contribution in [-0.2, 0) is 5.41 Å². The average Bonchev–Trinajstić information content (AvgIpc) is 2.87. The molecule has 0 saturated carbocycles. The number of carbonyl (C=O) groups excluding carboxylic acids is 1. The van der Waals surface area contributed by atoms with Crippen molar-refractivity contribution in [2.45, 2.75) is 26.2 Å². The van der Waals surface area contributed by atoms with E-state index in [1.54, 1.807) is 7.05 Å². The third-order valence-corrected chi connectivity index (χ3v) is 2.84. The van der Waals surface area contributed by atoms with Gasteiger partial charge in [0.05, 0.1) is 0 Å². The first-order chi connectivity index (χ1) is 8.89. The van der Waals surface area contributed by atoms with Crippen LogP contribution in [0.3, 0.4) is 0 Å². The van der Waals surface area contributed by atoms with Gasteiger partial charge in [-0.3, -0.25) is 9.89 Å². The Morgan fingerprint density at radius 1 is 1.21 bits per heavy atom. The van der Waals surface area contributed by atoms with E-state index in [1.807, 2.05) is 51.1 Å². The predicted octanol–water partition coefficient (Wildman–Crippen LogP) is 2.38. The van der Waals surface area contributed by atoms with Gasteiger partial charge in [-0.25, -0.2) is 4.98 Å². The summed E-state index contributed by atoms with van der Waals surface area (Å²) in [6.45, 7) is 6.05. The molecule has 0 aliphatic rings. The second-order valence-corrected chi connectivity index (χ2v) is 5.46.